The smallest absolute Gasteiger partial charge is 0.218 e. The molecule has 0 N–H and O–H groups in total. The van der Waals surface area contributed by atoms with Gasteiger partial charge in [0.05, 0.1) is 22.1 Å². The number of fused-ring (bicyclic) bond motifs is 5. The standard InChI is InChI=1S/C19H26Cl4O4Si/c1-16(2,3)28(6,7)27-11-9-8-10(24)12-13(11)18(23)15(21)14(20)17(12,22)19(18,25-4)26-5/h8-9,11-13H,1-7H3/t11-,12+,13-,17+,18-/m1/s1. The van der Waals surface area contributed by atoms with Crippen LogP contribution in [0.3, 0.4) is 0 Å². The molecule has 9 heteroatoms. The van der Waals surface area contributed by atoms with Gasteiger partial charge in [-0.3, -0.25) is 4.79 Å². The molecule has 3 rings (SSSR count). The molecule has 28 heavy (non-hydrogen) atoms. The molecule has 0 spiro atoms. The van der Waals surface area contributed by atoms with E-state index in [0.717, 1.165) is 0 Å². The molecule has 0 radical (unpaired) electrons. The summed E-state index contributed by atoms with van der Waals surface area (Å²) in [4.78, 5) is 9.98. The van der Waals surface area contributed by atoms with E-state index in [1.807, 2.05) is 0 Å². The summed E-state index contributed by atoms with van der Waals surface area (Å²) in [5.74, 6) is -3.18. The SMILES string of the molecule is COC1(OC)[C@@]2(Cl)C(Cl)=C(Cl)[C@]1(Cl)[C@@H]1[C@H](O[Si](C)(C)C(C)(C)C)C=CC(=O)[C@@H]12. The van der Waals surface area contributed by atoms with Gasteiger partial charge in [0.1, 0.15) is 9.75 Å². The number of hydrogen-bond acceptors (Lipinski definition) is 4. The van der Waals surface area contributed by atoms with E-state index >= 15 is 0 Å². The molecule has 0 aliphatic heterocycles. The monoisotopic (exact) mass is 486 g/mol. The molecule has 3 aliphatic carbocycles. The zero-order valence-corrected chi connectivity index (χ0v) is 21.1. The number of allylic oxidation sites excluding steroid dienone is 1. The van der Waals surface area contributed by atoms with Crippen molar-refractivity contribution in [1.29, 1.82) is 0 Å². The third-order valence-electron chi connectivity index (χ3n) is 6.96. The summed E-state index contributed by atoms with van der Waals surface area (Å²) < 4.78 is 18.1. The predicted octanol–water partition coefficient (Wildman–Crippen LogP) is 5.41. The zero-order valence-electron chi connectivity index (χ0n) is 17.0. The third kappa shape index (κ3) is 2.45. The fraction of sp³-hybridized carbons (Fsp3) is 0.737. The van der Waals surface area contributed by atoms with Crippen LogP contribution in [0.2, 0.25) is 18.1 Å². The van der Waals surface area contributed by atoms with Gasteiger partial charge in [-0.2, -0.15) is 0 Å². The van der Waals surface area contributed by atoms with Gasteiger partial charge < -0.3 is 13.9 Å². The average molecular weight is 488 g/mol. The Hall–Kier alpha value is 0.407. The largest absolute Gasteiger partial charge is 0.410 e. The molecule has 1 saturated carbocycles. The molecule has 0 aromatic carbocycles. The van der Waals surface area contributed by atoms with Crippen molar-refractivity contribution in [2.75, 3.05) is 14.2 Å². The number of hydrogen-bond donors (Lipinski definition) is 0. The molecule has 0 heterocycles. The maximum Gasteiger partial charge on any atom is 0.218 e. The quantitative estimate of drug-likeness (QED) is 0.302. The van der Waals surface area contributed by atoms with Crippen LogP contribution in [0.1, 0.15) is 20.8 Å². The van der Waals surface area contributed by atoms with Crippen LogP contribution in [0, 0.1) is 11.8 Å². The van der Waals surface area contributed by atoms with E-state index in [4.69, 9.17) is 60.3 Å². The fourth-order valence-electron chi connectivity index (χ4n) is 4.57. The van der Waals surface area contributed by atoms with Crippen molar-refractivity contribution in [2.24, 2.45) is 11.8 Å². The number of ether oxygens (including phenoxy) is 2. The minimum absolute atomic E-state index is 0.0373. The Morgan fingerprint density at radius 1 is 1.04 bits per heavy atom. The van der Waals surface area contributed by atoms with Crippen molar-refractivity contribution >= 4 is 60.5 Å². The molecule has 3 aliphatic rings. The van der Waals surface area contributed by atoms with Crippen molar-refractivity contribution in [3.63, 3.8) is 0 Å². The summed E-state index contributed by atoms with van der Waals surface area (Å²) in [6.07, 6.45) is 2.77. The van der Waals surface area contributed by atoms with Crippen LogP contribution in [-0.4, -0.2) is 50.0 Å². The molecule has 0 amide bonds. The first-order valence-corrected chi connectivity index (χ1v) is 13.5. The molecular formula is C19H26Cl4O4Si. The molecule has 0 aromatic heterocycles. The Kier molecular flexibility index (Phi) is 5.52. The number of alkyl halides is 2. The Labute approximate surface area is 187 Å². The van der Waals surface area contributed by atoms with Crippen LogP contribution < -0.4 is 0 Å². The Bertz CT molecular complexity index is 770. The maximum absolute atomic E-state index is 13.0. The lowest BCUT2D eigenvalue weighted by Crippen LogP contribution is -2.58. The number of carbonyl (C=O) groups excluding carboxylic acids is 1. The van der Waals surface area contributed by atoms with Crippen molar-refractivity contribution in [3.8, 4) is 0 Å². The number of ketones is 1. The van der Waals surface area contributed by atoms with Gasteiger partial charge in [-0.05, 0) is 24.2 Å². The zero-order chi connectivity index (χ0) is 21.5. The van der Waals surface area contributed by atoms with Crippen molar-refractivity contribution in [2.45, 2.75) is 60.5 Å². The molecule has 2 bridgehead atoms. The van der Waals surface area contributed by atoms with E-state index in [-0.39, 0.29) is 20.9 Å². The highest BCUT2D eigenvalue weighted by Gasteiger charge is 2.87. The van der Waals surface area contributed by atoms with Gasteiger partial charge in [0.2, 0.25) is 5.79 Å². The normalized spacial score (nSPS) is 39.7. The van der Waals surface area contributed by atoms with Crippen LogP contribution in [0.4, 0.5) is 0 Å². The second kappa shape index (κ2) is 6.70. The predicted molar refractivity (Wildman–Crippen MR) is 116 cm³/mol. The van der Waals surface area contributed by atoms with Crippen LogP contribution in [0.15, 0.2) is 22.2 Å². The van der Waals surface area contributed by atoms with Gasteiger partial charge in [-0.25, -0.2) is 0 Å². The lowest BCUT2D eigenvalue weighted by molar-refractivity contribution is -0.221. The lowest BCUT2D eigenvalue weighted by Gasteiger charge is -2.46. The Morgan fingerprint density at radius 3 is 2.00 bits per heavy atom. The third-order valence-corrected chi connectivity index (χ3v) is 14.1. The van der Waals surface area contributed by atoms with Gasteiger partial charge in [0.15, 0.2) is 14.1 Å². The minimum atomic E-state index is -2.20. The highest BCUT2D eigenvalue weighted by Crippen LogP contribution is 2.75. The van der Waals surface area contributed by atoms with Crippen LogP contribution in [0.25, 0.3) is 0 Å². The molecule has 5 atom stereocenters. The van der Waals surface area contributed by atoms with Gasteiger partial charge >= 0.3 is 0 Å². The van der Waals surface area contributed by atoms with Crippen LogP contribution in [-0.2, 0) is 18.7 Å². The number of methoxy groups -OCH3 is 2. The number of halogens is 4. The van der Waals surface area contributed by atoms with E-state index in [1.165, 1.54) is 20.3 Å². The van der Waals surface area contributed by atoms with Crippen molar-refractivity contribution < 1.29 is 18.7 Å². The average Bonchev–Trinajstić information content (AvgIpc) is 2.85. The summed E-state index contributed by atoms with van der Waals surface area (Å²) in [7, 11) is 0.651. The first-order valence-electron chi connectivity index (χ1n) is 9.11. The molecule has 1 fully saturated rings. The summed E-state index contributed by atoms with van der Waals surface area (Å²) in [5, 5.41) is 0.193. The maximum atomic E-state index is 13.0. The van der Waals surface area contributed by atoms with E-state index in [1.54, 1.807) is 6.08 Å². The van der Waals surface area contributed by atoms with Gasteiger partial charge in [0, 0.05) is 20.1 Å². The van der Waals surface area contributed by atoms with E-state index in [2.05, 4.69) is 33.9 Å². The van der Waals surface area contributed by atoms with Crippen LogP contribution in [0.5, 0.6) is 0 Å². The second-order valence-corrected chi connectivity index (χ2v) is 15.9. The minimum Gasteiger partial charge on any atom is -0.410 e. The highest BCUT2D eigenvalue weighted by atomic mass is 35.5. The molecular weight excluding hydrogens is 462 g/mol. The number of carbonyl (C=O) groups is 1. The van der Waals surface area contributed by atoms with E-state index < -0.39 is 41.8 Å². The van der Waals surface area contributed by atoms with Crippen molar-refractivity contribution in [3.05, 3.63) is 22.2 Å². The highest BCUT2D eigenvalue weighted by molar-refractivity contribution is 6.74. The van der Waals surface area contributed by atoms with Gasteiger partial charge in [0.25, 0.3) is 0 Å². The first kappa shape index (κ1) is 23.1. The van der Waals surface area contributed by atoms with E-state index in [0.29, 0.717) is 0 Å². The molecule has 0 saturated heterocycles. The summed E-state index contributed by atoms with van der Waals surface area (Å²) in [6.45, 7) is 10.7. The van der Waals surface area contributed by atoms with Gasteiger partial charge in [-0.1, -0.05) is 50.0 Å². The molecule has 158 valence electrons. The molecule has 0 aromatic rings. The first-order chi connectivity index (χ1) is 12.7. The van der Waals surface area contributed by atoms with Crippen molar-refractivity contribution in [1.82, 2.24) is 0 Å². The lowest BCUT2D eigenvalue weighted by atomic mass is 9.73. The second-order valence-electron chi connectivity index (χ2n) is 9.18. The fourth-order valence-corrected chi connectivity index (χ4v) is 8.05. The summed E-state index contributed by atoms with van der Waals surface area (Å²) >= 11 is 27.4. The molecule has 0 unspecified atom stereocenters. The van der Waals surface area contributed by atoms with Crippen LogP contribution >= 0.6 is 46.4 Å². The number of rotatable bonds is 4. The van der Waals surface area contributed by atoms with E-state index in [9.17, 15) is 4.79 Å². The summed E-state index contributed by atoms with van der Waals surface area (Å²) in [6, 6.07) is 0. The Balaban J connectivity index is 2.21. The molecule has 4 nitrogen and oxygen atoms in total. The Morgan fingerprint density at radius 2 is 1.54 bits per heavy atom. The topological polar surface area (TPSA) is 44.8 Å². The van der Waals surface area contributed by atoms with Gasteiger partial charge in [-0.15, -0.1) is 23.2 Å². The summed E-state index contributed by atoms with van der Waals surface area (Å²) in [5.41, 5.74) is 0.